The van der Waals surface area contributed by atoms with E-state index in [1.807, 2.05) is 53.2 Å². The molecular formula is C23H25N3O3S2. The van der Waals surface area contributed by atoms with Crippen molar-refractivity contribution < 1.29 is 14.3 Å². The third-order valence-electron chi connectivity index (χ3n) is 5.18. The quantitative estimate of drug-likeness (QED) is 0.530. The number of hydrogen-bond acceptors (Lipinski definition) is 7. The number of rotatable bonds is 6. The Hall–Kier alpha value is -2.58. The predicted molar refractivity (Wildman–Crippen MR) is 130 cm³/mol. The van der Waals surface area contributed by atoms with E-state index < -0.39 is 0 Å². The molecule has 0 unspecified atom stereocenters. The summed E-state index contributed by atoms with van der Waals surface area (Å²) >= 11 is 3.56. The summed E-state index contributed by atoms with van der Waals surface area (Å²) in [6, 6.07) is 13.7. The molecule has 4 rings (SSSR count). The minimum absolute atomic E-state index is 0.0436. The lowest BCUT2D eigenvalue weighted by molar-refractivity contribution is 0.0767. The third kappa shape index (κ3) is 4.70. The number of nitrogens with zero attached hydrogens (tertiary/aromatic N) is 2. The Morgan fingerprint density at radius 1 is 1.10 bits per heavy atom. The molecule has 3 aromatic rings. The Morgan fingerprint density at radius 3 is 2.55 bits per heavy atom. The van der Waals surface area contributed by atoms with Crippen LogP contribution in [0.5, 0.6) is 11.5 Å². The first-order chi connectivity index (χ1) is 15.1. The number of ether oxygens (including phenoxy) is 2. The molecule has 1 aliphatic heterocycles. The van der Waals surface area contributed by atoms with Crippen molar-refractivity contribution >= 4 is 51.7 Å². The lowest BCUT2D eigenvalue weighted by Crippen LogP contribution is -2.38. The zero-order chi connectivity index (χ0) is 21.8. The van der Waals surface area contributed by atoms with Gasteiger partial charge in [-0.3, -0.25) is 4.79 Å². The van der Waals surface area contributed by atoms with E-state index in [0.717, 1.165) is 46.3 Å². The van der Waals surface area contributed by atoms with E-state index >= 15 is 0 Å². The molecule has 1 fully saturated rings. The molecule has 2 heterocycles. The second-order valence-corrected chi connectivity index (χ2v) is 9.15. The Balaban J connectivity index is 1.82. The van der Waals surface area contributed by atoms with Crippen LogP contribution in [0.3, 0.4) is 0 Å². The number of aromatic nitrogens is 1. The van der Waals surface area contributed by atoms with Gasteiger partial charge in [-0.25, -0.2) is 4.98 Å². The number of anilines is 2. The van der Waals surface area contributed by atoms with Crippen LogP contribution in [0.25, 0.3) is 10.9 Å². The Bertz CT molecular complexity index is 1100. The first-order valence-electron chi connectivity index (χ1n) is 9.98. The van der Waals surface area contributed by atoms with Crippen LogP contribution >= 0.6 is 23.5 Å². The maximum atomic E-state index is 13.2. The summed E-state index contributed by atoms with van der Waals surface area (Å²) in [6.45, 7) is 1.49. The molecule has 0 bridgehead atoms. The van der Waals surface area contributed by atoms with Crippen LogP contribution in [0.4, 0.5) is 11.4 Å². The molecule has 0 atom stereocenters. The van der Waals surface area contributed by atoms with Gasteiger partial charge in [0.2, 0.25) is 0 Å². The summed E-state index contributed by atoms with van der Waals surface area (Å²) in [5.41, 5.74) is 2.86. The molecule has 0 radical (unpaired) electrons. The highest BCUT2D eigenvalue weighted by Crippen LogP contribution is 2.36. The molecule has 2 aromatic carbocycles. The number of fused-ring (bicyclic) bond motifs is 1. The lowest BCUT2D eigenvalue weighted by Gasteiger charge is -2.26. The number of nitrogens with one attached hydrogen (secondary N) is 1. The first-order valence-corrected chi connectivity index (χ1v) is 12.4. The number of benzene rings is 2. The zero-order valence-corrected chi connectivity index (χ0v) is 19.4. The van der Waals surface area contributed by atoms with Crippen molar-refractivity contribution in [3.8, 4) is 11.5 Å². The largest absolute Gasteiger partial charge is 0.493 e. The maximum absolute atomic E-state index is 13.2. The van der Waals surface area contributed by atoms with Gasteiger partial charge in [0.25, 0.3) is 5.91 Å². The van der Waals surface area contributed by atoms with Gasteiger partial charge in [-0.1, -0.05) is 6.07 Å². The van der Waals surface area contributed by atoms with Gasteiger partial charge in [-0.05, 0) is 36.6 Å². The highest BCUT2D eigenvalue weighted by molar-refractivity contribution is 7.99. The predicted octanol–water partition coefficient (Wildman–Crippen LogP) is 4.91. The fourth-order valence-corrected chi connectivity index (χ4v) is 4.91. The van der Waals surface area contributed by atoms with Gasteiger partial charge in [0.15, 0.2) is 11.5 Å². The van der Waals surface area contributed by atoms with E-state index in [2.05, 4.69) is 17.4 Å². The number of thioether (sulfide) groups is 2. The molecule has 1 aliphatic rings. The van der Waals surface area contributed by atoms with E-state index in [1.165, 1.54) is 0 Å². The number of methoxy groups -OCH3 is 2. The maximum Gasteiger partial charge on any atom is 0.272 e. The monoisotopic (exact) mass is 455 g/mol. The van der Waals surface area contributed by atoms with Crippen molar-refractivity contribution in [3.63, 3.8) is 0 Å². The highest BCUT2D eigenvalue weighted by atomic mass is 32.2. The van der Waals surface area contributed by atoms with Gasteiger partial charge in [-0.2, -0.15) is 11.8 Å². The van der Waals surface area contributed by atoms with Gasteiger partial charge in [-0.15, -0.1) is 11.8 Å². The van der Waals surface area contributed by atoms with Crippen LogP contribution in [0, 0.1) is 0 Å². The third-order valence-corrected chi connectivity index (χ3v) is 6.85. The first kappa shape index (κ1) is 21.6. The average molecular weight is 456 g/mol. The van der Waals surface area contributed by atoms with Gasteiger partial charge >= 0.3 is 0 Å². The number of carbonyl (C=O) groups is 1. The number of carbonyl (C=O) groups excluding carboxylic acids is 1. The molecule has 162 valence electrons. The summed E-state index contributed by atoms with van der Waals surface area (Å²) in [6.07, 6.45) is 2.05. The summed E-state index contributed by atoms with van der Waals surface area (Å²) < 4.78 is 11.0. The molecule has 1 saturated heterocycles. The van der Waals surface area contributed by atoms with Gasteiger partial charge < -0.3 is 19.7 Å². The van der Waals surface area contributed by atoms with E-state index in [0.29, 0.717) is 22.7 Å². The van der Waals surface area contributed by atoms with Crippen molar-refractivity contribution in [2.24, 2.45) is 0 Å². The van der Waals surface area contributed by atoms with Crippen molar-refractivity contribution in [2.75, 3.05) is 50.4 Å². The van der Waals surface area contributed by atoms with Gasteiger partial charge in [0.1, 0.15) is 5.69 Å². The standard InChI is InChI=1S/C23H25N3O3S2/c1-28-21-12-17-18(24-15-5-4-6-16(11-15)30-3)13-20(25-19(17)14-22(21)29-2)23(27)26-7-9-31-10-8-26/h4-6,11-14H,7-10H2,1-3H3,(H,24,25). The van der Waals surface area contributed by atoms with E-state index in [4.69, 9.17) is 14.5 Å². The molecule has 1 aromatic heterocycles. The number of pyridine rings is 1. The topological polar surface area (TPSA) is 63.7 Å². The highest BCUT2D eigenvalue weighted by Gasteiger charge is 2.22. The fraction of sp³-hybridized carbons (Fsp3) is 0.304. The number of amides is 1. The zero-order valence-electron chi connectivity index (χ0n) is 17.8. The van der Waals surface area contributed by atoms with Crippen LogP contribution in [0.1, 0.15) is 10.5 Å². The van der Waals surface area contributed by atoms with E-state index in [9.17, 15) is 4.79 Å². The molecular weight excluding hydrogens is 430 g/mol. The second kappa shape index (κ2) is 9.70. The minimum Gasteiger partial charge on any atom is -0.493 e. The molecule has 1 N–H and O–H groups in total. The van der Waals surface area contributed by atoms with Crippen molar-refractivity contribution in [1.29, 1.82) is 0 Å². The van der Waals surface area contributed by atoms with Crippen LogP contribution in [0.2, 0.25) is 0 Å². The Morgan fingerprint density at radius 2 is 1.84 bits per heavy atom. The Labute approximate surface area is 190 Å². The number of hydrogen-bond donors (Lipinski definition) is 1. The van der Waals surface area contributed by atoms with Crippen LogP contribution in [-0.2, 0) is 0 Å². The summed E-state index contributed by atoms with van der Waals surface area (Å²) in [7, 11) is 3.20. The normalized spacial score (nSPS) is 13.8. The molecule has 0 spiro atoms. The summed E-state index contributed by atoms with van der Waals surface area (Å²) in [5, 5.41) is 4.34. The molecule has 0 aliphatic carbocycles. The minimum atomic E-state index is -0.0436. The second-order valence-electron chi connectivity index (χ2n) is 7.04. The summed E-state index contributed by atoms with van der Waals surface area (Å²) in [5.74, 6) is 3.06. The van der Waals surface area contributed by atoms with E-state index in [1.54, 1.807) is 26.0 Å². The van der Waals surface area contributed by atoms with Crippen LogP contribution in [-0.4, -0.2) is 60.9 Å². The SMILES string of the molecule is COc1cc2nc(C(=O)N3CCSCC3)cc(Nc3cccc(SC)c3)c2cc1OC. The van der Waals surface area contributed by atoms with Crippen LogP contribution in [0.15, 0.2) is 47.4 Å². The average Bonchev–Trinajstić information content (AvgIpc) is 2.83. The molecule has 31 heavy (non-hydrogen) atoms. The molecule has 6 nitrogen and oxygen atoms in total. The van der Waals surface area contributed by atoms with Crippen molar-refractivity contribution in [3.05, 3.63) is 48.2 Å². The molecule has 1 amide bonds. The van der Waals surface area contributed by atoms with Crippen LogP contribution < -0.4 is 14.8 Å². The smallest absolute Gasteiger partial charge is 0.272 e. The van der Waals surface area contributed by atoms with Gasteiger partial charge in [0, 0.05) is 46.6 Å². The van der Waals surface area contributed by atoms with Crippen molar-refractivity contribution in [2.45, 2.75) is 4.90 Å². The molecule has 0 saturated carbocycles. The van der Waals surface area contributed by atoms with E-state index in [-0.39, 0.29) is 5.91 Å². The van der Waals surface area contributed by atoms with Crippen molar-refractivity contribution in [1.82, 2.24) is 9.88 Å². The lowest BCUT2D eigenvalue weighted by atomic mass is 10.1. The van der Waals surface area contributed by atoms with Gasteiger partial charge in [0.05, 0.1) is 25.4 Å². The summed E-state index contributed by atoms with van der Waals surface area (Å²) in [4.78, 5) is 20.9. The Kier molecular flexibility index (Phi) is 6.77. The molecule has 8 heteroatoms. The fourth-order valence-electron chi connectivity index (χ4n) is 3.55.